The molecule has 0 aliphatic heterocycles. The smallest absolute Gasteiger partial charge is 0.235 e. The average Bonchev–Trinajstić information content (AvgIpc) is 2.40. The van der Waals surface area contributed by atoms with Crippen molar-refractivity contribution >= 4 is 15.7 Å². The molecule has 2 aromatic rings. The van der Waals surface area contributed by atoms with Gasteiger partial charge in [0.2, 0.25) is 10.0 Å². The number of rotatable bonds is 4. The van der Waals surface area contributed by atoms with Crippen LogP contribution in [0.15, 0.2) is 54.6 Å². The molecular weight excluding hydrogens is 258 g/mol. The highest BCUT2D eigenvalue weighted by Crippen LogP contribution is 2.28. The summed E-state index contributed by atoms with van der Waals surface area (Å²) < 4.78 is 26.6. The lowest BCUT2D eigenvalue weighted by Gasteiger charge is -2.14. The van der Waals surface area contributed by atoms with Crippen LogP contribution in [-0.4, -0.2) is 13.7 Å². The molecule has 0 amide bonds. The van der Waals surface area contributed by atoms with E-state index < -0.39 is 15.3 Å². The second-order valence-corrected chi connectivity index (χ2v) is 6.84. The fourth-order valence-electron chi connectivity index (χ4n) is 1.71. The van der Waals surface area contributed by atoms with Crippen LogP contribution in [0.3, 0.4) is 0 Å². The Balaban J connectivity index is 2.44. The summed E-state index contributed by atoms with van der Waals surface area (Å²) in [7, 11) is -3.33. The first kappa shape index (κ1) is 13.6. The first-order chi connectivity index (χ1) is 9.00. The number of nitrogens with one attached hydrogen (secondary N) is 1. The number of hydrogen-bond donors (Lipinski definition) is 1. The molecule has 0 unspecified atom stereocenters. The van der Waals surface area contributed by atoms with Gasteiger partial charge < -0.3 is 0 Å². The number of anilines is 1. The molecule has 0 radical (unpaired) electrons. The van der Waals surface area contributed by atoms with Gasteiger partial charge in [-0.05, 0) is 25.5 Å². The van der Waals surface area contributed by atoms with E-state index in [4.69, 9.17) is 0 Å². The third-order valence-corrected chi connectivity index (χ3v) is 4.63. The van der Waals surface area contributed by atoms with Crippen LogP contribution < -0.4 is 4.72 Å². The lowest BCUT2D eigenvalue weighted by atomic mass is 10.0. The van der Waals surface area contributed by atoms with E-state index >= 15 is 0 Å². The van der Waals surface area contributed by atoms with E-state index in [2.05, 4.69) is 4.72 Å². The topological polar surface area (TPSA) is 46.2 Å². The first-order valence-electron chi connectivity index (χ1n) is 6.17. The number of sulfonamides is 1. The quantitative estimate of drug-likeness (QED) is 0.928. The van der Waals surface area contributed by atoms with Gasteiger partial charge in [-0.15, -0.1) is 0 Å². The van der Waals surface area contributed by atoms with E-state index in [1.54, 1.807) is 19.9 Å². The Bertz CT molecular complexity index is 649. The summed E-state index contributed by atoms with van der Waals surface area (Å²) in [5, 5.41) is -0.462. The Morgan fingerprint density at radius 1 is 0.895 bits per heavy atom. The van der Waals surface area contributed by atoms with Crippen LogP contribution in [0, 0.1) is 0 Å². The summed E-state index contributed by atoms with van der Waals surface area (Å²) in [4.78, 5) is 0. The molecule has 0 saturated heterocycles. The molecule has 0 spiro atoms. The van der Waals surface area contributed by atoms with Crippen molar-refractivity contribution in [2.45, 2.75) is 19.1 Å². The van der Waals surface area contributed by atoms with Gasteiger partial charge in [-0.3, -0.25) is 4.72 Å². The van der Waals surface area contributed by atoms with Crippen LogP contribution in [0.2, 0.25) is 0 Å². The zero-order valence-electron chi connectivity index (χ0n) is 11.0. The number of para-hydroxylation sites is 1. The van der Waals surface area contributed by atoms with E-state index in [1.807, 2.05) is 48.5 Å². The van der Waals surface area contributed by atoms with Crippen molar-refractivity contribution < 1.29 is 8.42 Å². The van der Waals surface area contributed by atoms with Crippen LogP contribution >= 0.6 is 0 Å². The maximum absolute atomic E-state index is 12.0. The van der Waals surface area contributed by atoms with Crippen molar-refractivity contribution in [1.82, 2.24) is 0 Å². The third-order valence-electron chi connectivity index (χ3n) is 2.88. The predicted octanol–water partition coefficient (Wildman–Crippen LogP) is 3.50. The van der Waals surface area contributed by atoms with E-state index in [0.29, 0.717) is 5.69 Å². The lowest BCUT2D eigenvalue weighted by molar-refractivity contribution is 0.593. The van der Waals surface area contributed by atoms with E-state index in [-0.39, 0.29) is 0 Å². The molecule has 0 heterocycles. The minimum absolute atomic E-state index is 0.462. The van der Waals surface area contributed by atoms with Crippen LogP contribution in [0.4, 0.5) is 5.69 Å². The van der Waals surface area contributed by atoms with Gasteiger partial charge in [0.1, 0.15) is 0 Å². The Hall–Kier alpha value is -1.81. The van der Waals surface area contributed by atoms with Gasteiger partial charge >= 0.3 is 0 Å². The lowest BCUT2D eigenvalue weighted by Crippen LogP contribution is -2.22. The monoisotopic (exact) mass is 275 g/mol. The van der Waals surface area contributed by atoms with Gasteiger partial charge in [-0.1, -0.05) is 48.5 Å². The van der Waals surface area contributed by atoms with E-state index in [1.165, 1.54) is 0 Å². The molecule has 2 rings (SSSR count). The fourth-order valence-corrected chi connectivity index (χ4v) is 2.43. The minimum atomic E-state index is -3.33. The molecule has 0 atom stereocenters. The largest absolute Gasteiger partial charge is 0.283 e. The summed E-state index contributed by atoms with van der Waals surface area (Å²) in [6, 6.07) is 17.1. The predicted molar refractivity (Wildman–Crippen MR) is 79.6 cm³/mol. The Morgan fingerprint density at radius 2 is 1.47 bits per heavy atom. The molecular formula is C15H17NO2S. The van der Waals surface area contributed by atoms with Gasteiger partial charge in [0, 0.05) is 5.56 Å². The van der Waals surface area contributed by atoms with Crippen LogP contribution in [0.25, 0.3) is 11.1 Å². The summed E-state index contributed by atoms with van der Waals surface area (Å²) in [5.41, 5.74) is 2.49. The van der Waals surface area contributed by atoms with E-state index in [0.717, 1.165) is 11.1 Å². The zero-order chi connectivity index (χ0) is 13.9. The summed E-state index contributed by atoms with van der Waals surface area (Å²) >= 11 is 0. The van der Waals surface area contributed by atoms with Gasteiger partial charge in [0.15, 0.2) is 0 Å². The molecule has 100 valence electrons. The molecule has 0 saturated carbocycles. The number of benzene rings is 2. The zero-order valence-corrected chi connectivity index (χ0v) is 11.8. The third kappa shape index (κ3) is 3.15. The van der Waals surface area contributed by atoms with Crippen molar-refractivity contribution in [3.63, 3.8) is 0 Å². The van der Waals surface area contributed by atoms with Crippen LogP contribution in [0.1, 0.15) is 13.8 Å². The van der Waals surface area contributed by atoms with E-state index in [9.17, 15) is 8.42 Å². The molecule has 0 aliphatic carbocycles. The first-order valence-corrected chi connectivity index (χ1v) is 7.71. The van der Waals surface area contributed by atoms with Gasteiger partial charge in [0.05, 0.1) is 10.9 Å². The Kier molecular flexibility index (Phi) is 3.90. The molecule has 0 aliphatic rings. The van der Waals surface area contributed by atoms with Crippen molar-refractivity contribution in [2.75, 3.05) is 4.72 Å². The minimum Gasteiger partial charge on any atom is -0.283 e. The molecule has 0 aromatic heterocycles. The SMILES string of the molecule is CC(C)S(=O)(=O)Nc1ccccc1-c1ccccc1. The summed E-state index contributed by atoms with van der Waals surface area (Å²) in [6.45, 7) is 3.32. The Labute approximate surface area is 114 Å². The molecule has 19 heavy (non-hydrogen) atoms. The molecule has 4 heteroatoms. The fraction of sp³-hybridized carbons (Fsp3) is 0.200. The molecule has 0 fully saturated rings. The second kappa shape index (κ2) is 5.45. The van der Waals surface area contributed by atoms with Crippen molar-refractivity contribution in [1.29, 1.82) is 0 Å². The highest BCUT2D eigenvalue weighted by molar-refractivity contribution is 7.93. The maximum atomic E-state index is 12.0. The second-order valence-electron chi connectivity index (χ2n) is 4.61. The molecule has 0 bridgehead atoms. The Morgan fingerprint density at radius 3 is 2.11 bits per heavy atom. The molecule has 3 nitrogen and oxygen atoms in total. The summed E-state index contributed by atoms with van der Waals surface area (Å²) in [5.74, 6) is 0. The van der Waals surface area contributed by atoms with Gasteiger partial charge in [-0.2, -0.15) is 0 Å². The number of hydrogen-bond acceptors (Lipinski definition) is 2. The maximum Gasteiger partial charge on any atom is 0.235 e. The van der Waals surface area contributed by atoms with Gasteiger partial charge in [-0.25, -0.2) is 8.42 Å². The summed E-state index contributed by atoms with van der Waals surface area (Å²) in [6.07, 6.45) is 0. The van der Waals surface area contributed by atoms with Crippen LogP contribution in [0.5, 0.6) is 0 Å². The van der Waals surface area contributed by atoms with Gasteiger partial charge in [0.25, 0.3) is 0 Å². The standard InChI is InChI=1S/C15H17NO2S/c1-12(2)19(17,18)16-15-11-7-6-10-14(15)13-8-4-3-5-9-13/h3-12,16H,1-2H3. The molecule has 2 aromatic carbocycles. The highest BCUT2D eigenvalue weighted by atomic mass is 32.2. The van der Waals surface area contributed by atoms with Crippen molar-refractivity contribution in [2.24, 2.45) is 0 Å². The molecule has 1 N–H and O–H groups in total. The van der Waals surface area contributed by atoms with Crippen molar-refractivity contribution in [3.05, 3.63) is 54.6 Å². The highest BCUT2D eigenvalue weighted by Gasteiger charge is 2.17. The normalized spacial score (nSPS) is 11.5. The average molecular weight is 275 g/mol. The van der Waals surface area contributed by atoms with Crippen LogP contribution in [-0.2, 0) is 10.0 Å². The van der Waals surface area contributed by atoms with Crippen molar-refractivity contribution in [3.8, 4) is 11.1 Å².